The number of nitrogens with one attached hydrogen (secondary N) is 1. The largest absolute Gasteiger partial charge is 0.506 e. The minimum atomic E-state index is -0.377. The first-order valence-corrected chi connectivity index (χ1v) is 8.60. The molecule has 0 radical (unpaired) electrons. The van der Waals surface area contributed by atoms with E-state index in [9.17, 15) is 9.90 Å². The first-order valence-electron chi connectivity index (χ1n) is 8.60. The molecule has 0 aliphatic rings. The molecule has 0 saturated carbocycles. The van der Waals surface area contributed by atoms with Gasteiger partial charge < -0.3 is 14.8 Å². The first kappa shape index (κ1) is 17.8. The van der Waals surface area contributed by atoms with Gasteiger partial charge in [-0.05, 0) is 68.1 Å². The number of rotatable bonds is 4. The summed E-state index contributed by atoms with van der Waals surface area (Å²) in [5, 5.41) is 12.6. The third-order valence-corrected chi connectivity index (χ3v) is 4.57. The normalized spacial score (nSPS) is 10.8. The molecular formula is C22H23NO3. The Balaban J connectivity index is 1.79. The summed E-state index contributed by atoms with van der Waals surface area (Å²) in [5.41, 5.74) is 6.08. The molecule has 0 fully saturated rings. The lowest BCUT2D eigenvalue weighted by Gasteiger charge is -2.10. The molecule has 1 aromatic heterocycles. The molecule has 1 amide bonds. The van der Waals surface area contributed by atoms with Gasteiger partial charge in [0.1, 0.15) is 11.5 Å². The van der Waals surface area contributed by atoms with Crippen LogP contribution in [-0.4, -0.2) is 11.0 Å². The SMILES string of the molecule is Cc1cc(C)c(Cc2ccc(C(=O)Nc3c(C)cccc3O)o2)c(C)c1. The minimum Gasteiger partial charge on any atom is -0.506 e. The first-order chi connectivity index (χ1) is 12.3. The zero-order valence-electron chi connectivity index (χ0n) is 15.5. The summed E-state index contributed by atoms with van der Waals surface area (Å²) in [7, 11) is 0. The van der Waals surface area contributed by atoms with Crippen molar-refractivity contribution in [3.05, 3.63) is 81.8 Å². The number of amides is 1. The van der Waals surface area contributed by atoms with Gasteiger partial charge in [-0.1, -0.05) is 29.8 Å². The minimum absolute atomic E-state index is 0.0380. The molecule has 0 unspecified atom stereocenters. The summed E-state index contributed by atoms with van der Waals surface area (Å²) in [6.07, 6.45) is 0.640. The van der Waals surface area contributed by atoms with Gasteiger partial charge in [-0.15, -0.1) is 0 Å². The van der Waals surface area contributed by atoms with Crippen molar-refractivity contribution in [1.82, 2.24) is 0 Å². The second-order valence-corrected chi connectivity index (χ2v) is 6.74. The van der Waals surface area contributed by atoms with Crippen molar-refractivity contribution in [2.24, 2.45) is 0 Å². The smallest absolute Gasteiger partial charge is 0.291 e. The number of phenolic OH excluding ortho intramolecular Hbond substituents is 1. The summed E-state index contributed by atoms with van der Waals surface area (Å²) >= 11 is 0. The third kappa shape index (κ3) is 3.64. The highest BCUT2D eigenvalue weighted by Crippen LogP contribution is 2.27. The van der Waals surface area contributed by atoms with E-state index < -0.39 is 0 Å². The Morgan fingerprint density at radius 3 is 2.35 bits per heavy atom. The Morgan fingerprint density at radius 1 is 1.00 bits per heavy atom. The van der Waals surface area contributed by atoms with E-state index in [2.05, 4.69) is 38.2 Å². The Bertz CT molecular complexity index is 926. The topological polar surface area (TPSA) is 62.5 Å². The van der Waals surface area contributed by atoms with Gasteiger partial charge in [-0.3, -0.25) is 4.79 Å². The van der Waals surface area contributed by atoms with E-state index in [1.54, 1.807) is 18.2 Å². The van der Waals surface area contributed by atoms with Crippen LogP contribution >= 0.6 is 0 Å². The summed E-state index contributed by atoms with van der Waals surface area (Å²) in [6, 6.07) is 12.9. The average Bonchev–Trinajstić information content (AvgIpc) is 3.03. The maximum Gasteiger partial charge on any atom is 0.291 e. The Morgan fingerprint density at radius 2 is 1.69 bits per heavy atom. The maximum atomic E-state index is 12.4. The quantitative estimate of drug-likeness (QED) is 0.647. The molecule has 4 heteroatoms. The molecule has 0 spiro atoms. The molecule has 2 N–H and O–H groups in total. The van der Waals surface area contributed by atoms with Crippen molar-refractivity contribution >= 4 is 11.6 Å². The van der Waals surface area contributed by atoms with Gasteiger partial charge in [0.05, 0.1) is 5.69 Å². The Hall–Kier alpha value is -3.01. The highest BCUT2D eigenvalue weighted by molar-refractivity contribution is 6.03. The fraction of sp³-hybridized carbons (Fsp3) is 0.227. The number of hydrogen-bond donors (Lipinski definition) is 2. The summed E-state index contributed by atoms with van der Waals surface area (Å²) < 4.78 is 5.75. The van der Waals surface area contributed by atoms with Crippen molar-refractivity contribution in [3.8, 4) is 5.75 Å². The van der Waals surface area contributed by atoms with Crippen molar-refractivity contribution in [1.29, 1.82) is 0 Å². The number of carbonyl (C=O) groups is 1. The van der Waals surface area contributed by atoms with E-state index in [0.717, 1.165) is 11.3 Å². The van der Waals surface area contributed by atoms with E-state index in [-0.39, 0.29) is 17.4 Å². The van der Waals surface area contributed by atoms with E-state index in [1.165, 1.54) is 22.3 Å². The van der Waals surface area contributed by atoms with Crippen LogP contribution in [0.4, 0.5) is 5.69 Å². The number of benzene rings is 2. The van der Waals surface area contributed by atoms with Crippen molar-refractivity contribution in [2.45, 2.75) is 34.1 Å². The number of para-hydroxylation sites is 1. The molecule has 4 nitrogen and oxygen atoms in total. The van der Waals surface area contributed by atoms with Crippen LogP contribution < -0.4 is 5.32 Å². The number of aryl methyl sites for hydroxylation is 4. The van der Waals surface area contributed by atoms with E-state index in [4.69, 9.17) is 4.42 Å². The summed E-state index contributed by atoms with van der Waals surface area (Å²) in [5.74, 6) is 0.624. The molecule has 1 heterocycles. The molecule has 0 aliphatic heterocycles. The van der Waals surface area contributed by atoms with Gasteiger partial charge in [0, 0.05) is 6.42 Å². The second-order valence-electron chi connectivity index (χ2n) is 6.74. The Labute approximate surface area is 153 Å². The molecule has 0 saturated heterocycles. The van der Waals surface area contributed by atoms with Crippen LogP contribution in [0.5, 0.6) is 5.75 Å². The number of hydrogen-bond acceptors (Lipinski definition) is 3. The predicted molar refractivity (Wildman–Crippen MR) is 103 cm³/mol. The molecule has 0 atom stereocenters. The molecule has 134 valence electrons. The lowest BCUT2D eigenvalue weighted by Crippen LogP contribution is -2.12. The summed E-state index contributed by atoms with van der Waals surface area (Å²) in [4.78, 5) is 12.4. The molecular weight excluding hydrogens is 326 g/mol. The van der Waals surface area contributed by atoms with Crippen LogP contribution in [0.25, 0.3) is 0 Å². The Kier molecular flexibility index (Phi) is 4.85. The molecule has 0 bridgehead atoms. The standard InChI is InChI=1S/C22H23NO3/c1-13-10-15(3)18(16(4)11-13)12-17-8-9-20(26-17)22(25)23-21-14(2)6-5-7-19(21)24/h5-11,24H,12H2,1-4H3,(H,23,25). The second kappa shape index (κ2) is 7.08. The van der Waals surface area contributed by atoms with Gasteiger partial charge in [0.15, 0.2) is 5.76 Å². The molecule has 26 heavy (non-hydrogen) atoms. The van der Waals surface area contributed by atoms with E-state index in [1.807, 2.05) is 19.1 Å². The van der Waals surface area contributed by atoms with Gasteiger partial charge >= 0.3 is 0 Å². The molecule has 3 aromatic rings. The number of phenols is 1. The molecule has 2 aromatic carbocycles. The van der Waals surface area contributed by atoms with Crippen molar-refractivity contribution in [3.63, 3.8) is 0 Å². The number of carbonyl (C=O) groups excluding carboxylic acids is 1. The maximum absolute atomic E-state index is 12.4. The van der Waals surface area contributed by atoms with E-state index in [0.29, 0.717) is 12.1 Å². The van der Waals surface area contributed by atoms with Crippen LogP contribution in [0.3, 0.4) is 0 Å². The number of anilines is 1. The van der Waals surface area contributed by atoms with Crippen LogP contribution in [0.1, 0.15) is 44.1 Å². The highest BCUT2D eigenvalue weighted by Gasteiger charge is 2.15. The number of furan rings is 1. The van der Waals surface area contributed by atoms with Crippen molar-refractivity contribution < 1.29 is 14.3 Å². The monoisotopic (exact) mass is 349 g/mol. The third-order valence-electron chi connectivity index (χ3n) is 4.57. The van der Waals surface area contributed by atoms with Gasteiger partial charge in [-0.25, -0.2) is 0 Å². The summed E-state index contributed by atoms with van der Waals surface area (Å²) in [6.45, 7) is 8.09. The fourth-order valence-electron chi connectivity index (χ4n) is 3.25. The van der Waals surface area contributed by atoms with Crippen LogP contribution in [0.2, 0.25) is 0 Å². The van der Waals surface area contributed by atoms with Gasteiger partial charge in [-0.2, -0.15) is 0 Å². The lowest BCUT2D eigenvalue weighted by molar-refractivity contribution is 0.0994. The molecule has 3 rings (SSSR count). The van der Waals surface area contributed by atoms with Crippen LogP contribution in [0.15, 0.2) is 46.9 Å². The molecule has 0 aliphatic carbocycles. The van der Waals surface area contributed by atoms with Gasteiger partial charge in [0.2, 0.25) is 0 Å². The zero-order valence-corrected chi connectivity index (χ0v) is 15.5. The van der Waals surface area contributed by atoms with E-state index >= 15 is 0 Å². The zero-order chi connectivity index (χ0) is 18.8. The highest BCUT2D eigenvalue weighted by atomic mass is 16.3. The predicted octanol–water partition coefficient (Wildman–Crippen LogP) is 5.06. The average molecular weight is 349 g/mol. The fourth-order valence-corrected chi connectivity index (χ4v) is 3.25. The van der Waals surface area contributed by atoms with Crippen LogP contribution in [-0.2, 0) is 6.42 Å². The lowest BCUT2D eigenvalue weighted by atomic mass is 9.97. The van der Waals surface area contributed by atoms with Crippen LogP contribution in [0, 0.1) is 27.7 Å². The number of aromatic hydroxyl groups is 1. The van der Waals surface area contributed by atoms with Gasteiger partial charge in [0.25, 0.3) is 5.91 Å². The van der Waals surface area contributed by atoms with Crippen molar-refractivity contribution in [2.75, 3.05) is 5.32 Å².